The van der Waals surface area contributed by atoms with Gasteiger partial charge in [-0.3, -0.25) is 9.59 Å². The highest BCUT2D eigenvalue weighted by Crippen LogP contribution is 2.31. The van der Waals surface area contributed by atoms with Gasteiger partial charge in [-0.05, 0) is 36.9 Å². The van der Waals surface area contributed by atoms with Crippen LogP contribution in [0.25, 0.3) is 0 Å². The van der Waals surface area contributed by atoms with Crippen LogP contribution < -0.4 is 11.1 Å². The predicted molar refractivity (Wildman–Crippen MR) is 75.1 cm³/mol. The van der Waals surface area contributed by atoms with E-state index in [0.717, 1.165) is 24.8 Å². The van der Waals surface area contributed by atoms with Crippen LogP contribution in [0.15, 0.2) is 24.3 Å². The molecule has 5 nitrogen and oxygen atoms in total. The lowest BCUT2D eigenvalue weighted by molar-refractivity contribution is -0.142. The molecule has 1 amide bonds. The van der Waals surface area contributed by atoms with E-state index >= 15 is 0 Å². The summed E-state index contributed by atoms with van der Waals surface area (Å²) in [6.45, 7) is 1.19. The highest BCUT2D eigenvalue weighted by molar-refractivity contribution is 5.94. The van der Waals surface area contributed by atoms with Gasteiger partial charge >= 0.3 is 5.97 Å². The summed E-state index contributed by atoms with van der Waals surface area (Å²) in [6.07, 6.45) is 2.68. The predicted octanol–water partition coefficient (Wildman–Crippen LogP) is 1.38. The van der Waals surface area contributed by atoms with Crippen molar-refractivity contribution in [3.05, 3.63) is 35.4 Å². The van der Waals surface area contributed by atoms with E-state index in [1.54, 1.807) is 12.1 Å². The molecule has 1 aliphatic rings. The summed E-state index contributed by atoms with van der Waals surface area (Å²) in [5.74, 6) is -1.21. The van der Waals surface area contributed by atoms with E-state index in [9.17, 15) is 9.59 Å². The first-order valence-electron chi connectivity index (χ1n) is 6.91. The number of carbonyl (C=O) groups is 2. The van der Waals surface area contributed by atoms with Crippen LogP contribution in [0.5, 0.6) is 0 Å². The number of hydrogen-bond donors (Lipinski definition) is 3. The van der Waals surface area contributed by atoms with E-state index in [1.807, 2.05) is 12.1 Å². The SMILES string of the molecule is NC(=O)c1ccccc1CNCC1CCCC1C(=O)O. The van der Waals surface area contributed by atoms with Crippen LogP contribution in [0, 0.1) is 11.8 Å². The van der Waals surface area contributed by atoms with Crippen molar-refractivity contribution in [1.29, 1.82) is 0 Å². The summed E-state index contributed by atoms with van der Waals surface area (Å²) >= 11 is 0. The lowest BCUT2D eigenvalue weighted by atomic mass is 9.96. The van der Waals surface area contributed by atoms with Crippen LogP contribution in [0.2, 0.25) is 0 Å². The van der Waals surface area contributed by atoms with Crippen molar-refractivity contribution in [2.24, 2.45) is 17.6 Å². The van der Waals surface area contributed by atoms with Gasteiger partial charge in [0.15, 0.2) is 0 Å². The summed E-state index contributed by atoms with van der Waals surface area (Å²) in [5, 5.41) is 12.4. The molecule has 1 fully saturated rings. The first kappa shape index (κ1) is 14.5. The quantitative estimate of drug-likeness (QED) is 0.731. The van der Waals surface area contributed by atoms with Crippen molar-refractivity contribution in [3.8, 4) is 0 Å². The molecule has 5 heteroatoms. The first-order valence-corrected chi connectivity index (χ1v) is 6.91. The molecule has 1 aliphatic carbocycles. The van der Waals surface area contributed by atoms with Crippen molar-refractivity contribution < 1.29 is 14.7 Å². The minimum absolute atomic E-state index is 0.174. The third kappa shape index (κ3) is 3.36. The lowest BCUT2D eigenvalue weighted by Gasteiger charge is -2.17. The Balaban J connectivity index is 1.90. The zero-order valence-electron chi connectivity index (χ0n) is 11.3. The number of nitrogens with one attached hydrogen (secondary N) is 1. The van der Waals surface area contributed by atoms with Crippen LogP contribution in [0.1, 0.15) is 35.2 Å². The van der Waals surface area contributed by atoms with E-state index in [-0.39, 0.29) is 11.8 Å². The minimum Gasteiger partial charge on any atom is -0.481 e. The molecule has 108 valence electrons. The molecule has 4 N–H and O–H groups in total. The third-order valence-electron chi connectivity index (χ3n) is 3.98. The summed E-state index contributed by atoms with van der Waals surface area (Å²) in [4.78, 5) is 22.4. The summed E-state index contributed by atoms with van der Waals surface area (Å²) in [5.41, 5.74) is 6.69. The van der Waals surface area contributed by atoms with Crippen LogP contribution in [-0.2, 0) is 11.3 Å². The summed E-state index contributed by atoms with van der Waals surface area (Å²) in [6, 6.07) is 7.20. The molecule has 2 atom stereocenters. The van der Waals surface area contributed by atoms with Gasteiger partial charge in [-0.2, -0.15) is 0 Å². The molecule has 0 heterocycles. The largest absolute Gasteiger partial charge is 0.481 e. The maximum absolute atomic E-state index is 11.3. The van der Waals surface area contributed by atoms with Crippen LogP contribution >= 0.6 is 0 Å². The number of hydrogen-bond acceptors (Lipinski definition) is 3. The Morgan fingerprint density at radius 3 is 2.75 bits per heavy atom. The fourth-order valence-electron chi connectivity index (χ4n) is 2.91. The van der Waals surface area contributed by atoms with Crippen molar-refractivity contribution in [2.75, 3.05) is 6.54 Å². The average Bonchev–Trinajstić information content (AvgIpc) is 2.87. The minimum atomic E-state index is -0.702. The zero-order valence-corrected chi connectivity index (χ0v) is 11.3. The third-order valence-corrected chi connectivity index (χ3v) is 3.98. The van der Waals surface area contributed by atoms with Gasteiger partial charge in [0.05, 0.1) is 5.92 Å². The summed E-state index contributed by atoms with van der Waals surface area (Å²) in [7, 11) is 0. The van der Waals surface area contributed by atoms with E-state index in [4.69, 9.17) is 10.8 Å². The summed E-state index contributed by atoms with van der Waals surface area (Å²) < 4.78 is 0. The van der Waals surface area contributed by atoms with E-state index < -0.39 is 11.9 Å². The van der Waals surface area contributed by atoms with Gasteiger partial charge < -0.3 is 16.2 Å². The Hall–Kier alpha value is -1.88. The molecule has 2 rings (SSSR count). The standard InChI is InChI=1S/C15H20N2O3/c16-14(18)12-6-2-1-4-10(12)8-17-9-11-5-3-7-13(11)15(19)20/h1-2,4,6,11,13,17H,3,5,7-9H2,(H2,16,18)(H,19,20). The molecule has 1 aromatic rings. The molecule has 20 heavy (non-hydrogen) atoms. The Morgan fingerprint density at radius 1 is 1.30 bits per heavy atom. The molecule has 0 bridgehead atoms. The zero-order chi connectivity index (χ0) is 14.5. The Bertz CT molecular complexity index is 502. The van der Waals surface area contributed by atoms with Crippen LogP contribution in [0.3, 0.4) is 0 Å². The second kappa shape index (κ2) is 6.52. The highest BCUT2D eigenvalue weighted by atomic mass is 16.4. The number of primary amides is 1. The molecule has 0 radical (unpaired) electrons. The van der Waals surface area contributed by atoms with Crippen molar-refractivity contribution >= 4 is 11.9 Å². The lowest BCUT2D eigenvalue weighted by Crippen LogP contribution is -2.29. The number of nitrogens with two attached hydrogens (primary N) is 1. The van der Waals surface area contributed by atoms with Crippen molar-refractivity contribution in [1.82, 2.24) is 5.32 Å². The fraction of sp³-hybridized carbons (Fsp3) is 0.467. The molecule has 0 spiro atoms. The molecule has 0 aromatic heterocycles. The monoisotopic (exact) mass is 276 g/mol. The van der Waals surface area contributed by atoms with Gasteiger partial charge in [-0.25, -0.2) is 0 Å². The van der Waals surface area contributed by atoms with Crippen molar-refractivity contribution in [3.63, 3.8) is 0 Å². The number of carboxylic acids is 1. The second-order valence-corrected chi connectivity index (χ2v) is 5.29. The number of aliphatic carboxylic acids is 1. The second-order valence-electron chi connectivity index (χ2n) is 5.29. The number of benzene rings is 1. The maximum Gasteiger partial charge on any atom is 0.306 e. The van der Waals surface area contributed by atoms with Gasteiger partial charge in [-0.15, -0.1) is 0 Å². The molecule has 0 saturated heterocycles. The highest BCUT2D eigenvalue weighted by Gasteiger charge is 2.32. The Labute approximate surface area is 118 Å². The van der Waals surface area contributed by atoms with Gasteiger partial charge in [0.1, 0.15) is 0 Å². The number of amides is 1. The van der Waals surface area contributed by atoms with Gasteiger partial charge in [0.2, 0.25) is 5.91 Å². The van der Waals surface area contributed by atoms with E-state index in [1.165, 1.54) is 0 Å². The molecular weight excluding hydrogens is 256 g/mol. The normalized spacial score (nSPS) is 21.8. The Morgan fingerprint density at radius 2 is 2.05 bits per heavy atom. The molecule has 1 saturated carbocycles. The average molecular weight is 276 g/mol. The van der Waals surface area contributed by atoms with E-state index in [2.05, 4.69) is 5.32 Å². The Kier molecular flexibility index (Phi) is 4.74. The van der Waals surface area contributed by atoms with Gasteiger partial charge in [0.25, 0.3) is 0 Å². The number of carboxylic acid groups (broad SMARTS) is 1. The first-order chi connectivity index (χ1) is 9.59. The molecular formula is C15H20N2O3. The molecule has 1 aromatic carbocycles. The van der Waals surface area contributed by atoms with Gasteiger partial charge in [0, 0.05) is 12.1 Å². The smallest absolute Gasteiger partial charge is 0.306 e. The van der Waals surface area contributed by atoms with Gasteiger partial charge in [-0.1, -0.05) is 24.6 Å². The van der Waals surface area contributed by atoms with E-state index in [0.29, 0.717) is 18.7 Å². The van der Waals surface area contributed by atoms with Crippen LogP contribution in [-0.4, -0.2) is 23.5 Å². The van der Waals surface area contributed by atoms with Crippen LogP contribution in [0.4, 0.5) is 0 Å². The fourth-order valence-corrected chi connectivity index (χ4v) is 2.91. The number of carbonyl (C=O) groups excluding carboxylic acids is 1. The molecule has 0 aliphatic heterocycles. The maximum atomic E-state index is 11.3. The number of rotatable bonds is 6. The topological polar surface area (TPSA) is 92.4 Å². The van der Waals surface area contributed by atoms with Crippen molar-refractivity contribution in [2.45, 2.75) is 25.8 Å². The molecule has 2 unspecified atom stereocenters.